The van der Waals surface area contributed by atoms with Crippen LogP contribution in [0, 0.1) is 5.92 Å². The van der Waals surface area contributed by atoms with Crippen LogP contribution in [0.2, 0.25) is 0 Å². The Bertz CT molecular complexity index is 694. The molecule has 8 heteroatoms. The number of anilines is 1. The van der Waals surface area contributed by atoms with Crippen molar-refractivity contribution in [2.75, 3.05) is 18.0 Å². The van der Waals surface area contributed by atoms with Gasteiger partial charge in [-0.2, -0.15) is 0 Å². The van der Waals surface area contributed by atoms with Gasteiger partial charge in [0.1, 0.15) is 5.01 Å². The van der Waals surface area contributed by atoms with Crippen LogP contribution >= 0.6 is 11.3 Å². The van der Waals surface area contributed by atoms with Crippen LogP contribution in [-0.4, -0.2) is 29.2 Å². The molecule has 1 atom stereocenters. The molecule has 0 bridgehead atoms. The second-order valence-electron chi connectivity index (χ2n) is 4.74. The Hall–Kier alpha value is -2.44. The van der Waals surface area contributed by atoms with E-state index < -0.39 is 0 Å². The minimum absolute atomic E-state index is 0.00361. The van der Waals surface area contributed by atoms with E-state index in [-0.39, 0.29) is 11.8 Å². The predicted molar refractivity (Wildman–Crippen MR) is 79.8 cm³/mol. The monoisotopic (exact) mass is 300 g/mol. The summed E-state index contributed by atoms with van der Waals surface area (Å²) >= 11 is 1.39. The zero-order valence-corrected chi connectivity index (χ0v) is 11.9. The van der Waals surface area contributed by atoms with Crippen LogP contribution in [0.15, 0.2) is 35.4 Å². The topological polar surface area (TPSA) is 94.9 Å². The molecule has 1 saturated heterocycles. The van der Waals surface area contributed by atoms with Crippen molar-refractivity contribution in [3.05, 3.63) is 40.8 Å². The van der Waals surface area contributed by atoms with E-state index in [4.69, 9.17) is 5.53 Å². The molecule has 1 fully saturated rings. The summed E-state index contributed by atoms with van der Waals surface area (Å²) in [6, 6.07) is 9.73. The van der Waals surface area contributed by atoms with Gasteiger partial charge in [-0.1, -0.05) is 46.8 Å². The first-order valence-corrected chi connectivity index (χ1v) is 7.29. The average Bonchev–Trinajstić information content (AvgIpc) is 3.12. The van der Waals surface area contributed by atoms with E-state index in [1.165, 1.54) is 11.3 Å². The Morgan fingerprint density at radius 2 is 2.19 bits per heavy atom. The molecular weight excluding hydrogens is 288 g/mol. The summed E-state index contributed by atoms with van der Waals surface area (Å²) in [4.78, 5) is 16.4. The lowest BCUT2D eigenvalue weighted by Gasteiger charge is -2.10. The molecule has 0 saturated carbocycles. The van der Waals surface area contributed by atoms with Crippen LogP contribution in [0.5, 0.6) is 0 Å². The third-order valence-electron chi connectivity index (χ3n) is 3.27. The molecule has 0 N–H and O–H groups in total. The quantitative estimate of drug-likeness (QED) is 0.493. The first kappa shape index (κ1) is 13.5. The number of hydrogen-bond donors (Lipinski definition) is 0. The summed E-state index contributed by atoms with van der Waals surface area (Å²) in [6.07, 6.45) is 0.388. The van der Waals surface area contributed by atoms with Gasteiger partial charge < -0.3 is 0 Å². The summed E-state index contributed by atoms with van der Waals surface area (Å²) in [7, 11) is 0. The van der Waals surface area contributed by atoms with E-state index in [0.29, 0.717) is 24.6 Å². The fraction of sp³-hybridized carbons (Fsp3) is 0.308. The fourth-order valence-electron chi connectivity index (χ4n) is 2.26. The molecule has 1 aliphatic rings. The Morgan fingerprint density at radius 1 is 1.38 bits per heavy atom. The van der Waals surface area contributed by atoms with Crippen LogP contribution < -0.4 is 4.90 Å². The van der Waals surface area contributed by atoms with Gasteiger partial charge in [-0.15, -0.1) is 10.2 Å². The van der Waals surface area contributed by atoms with Crippen LogP contribution in [-0.2, 0) is 4.79 Å². The van der Waals surface area contributed by atoms with Crippen molar-refractivity contribution in [2.45, 2.75) is 6.42 Å². The Balaban J connectivity index is 1.77. The smallest absolute Gasteiger partial charge is 0.229 e. The molecule has 1 aliphatic heterocycles. The fourth-order valence-corrected chi connectivity index (χ4v) is 3.14. The maximum atomic E-state index is 12.0. The van der Waals surface area contributed by atoms with Gasteiger partial charge in [0.15, 0.2) is 0 Å². The van der Waals surface area contributed by atoms with Gasteiger partial charge in [0, 0.05) is 30.0 Å². The SMILES string of the molecule is [N-]=[N+]=NCC1CC(=O)N(c2nnc(-c3ccccc3)s2)C1. The molecule has 0 radical (unpaired) electrons. The Labute approximate surface area is 124 Å². The van der Waals surface area contributed by atoms with Crippen LogP contribution in [0.25, 0.3) is 21.0 Å². The molecule has 1 aromatic heterocycles. The Kier molecular flexibility index (Phi) is 3.81. The van der Waals surface area contributed by atoms with Gasteiger partial charge in [0.25, 0.3) is 0 Å². The molecule has 1 aromatic carbocycles. The summed E-state index contributed by atoms with van der Waals surface area (Å²) in [5.74, 6) is 0.0568. The van der Waals surface area contributed by atoms with Crippen LogP contribution in [0.3, 0.4) is 0 Å². The highest BCUT2D eigenvalue weighted by Gasteiger charge is 2.32. The van der Waals surface area contributed by atoms with E-state index in [1.54, 1.807) is 4.90 Å². The molecule has 0 aliphatic carbocycles. The maximum absolute atomic E-state index is 12.0. The highest BCUT2D eigenvalue weighted by molar-refractivity contribution is 7.18. The summed E-state index contributed by atoms with van der Waals surface area (Å²) < 4.78 is 0. The maximum Gasteiger partial charge on any atom is 0.229 e. The molecule has 106 valence electrons. The second-order valence-corrected chi connectivity index (χ2v) is 5.70. The number of carbonyl (C=O) groups excluding carboxylic acids is 1. The molecule has 2 aromatic rings. The summed E-state index contributed by atoms with van der Waals surface area (Å²) in [6.45, 7) is 0.865. The number of nitrogens with zero attached hydrogens (tertiary/aromatic N) is 6. The zero-order chi connectivity index (χ0) is 14.7. The summed E-state index contributed by atoms with van der Waals surface area (Å²) in [5.41, 5.74) is 9.33. The molecule has 2 heterocycles. The normalized spacial score (nSPS) is 17.8. The third-order valence-corrected chi connectivity index (χ3v) is 4.27. The van der Waals surface area contributed by atoms with Crippen molar-refractivity contribution in [2.24, 2.45) is 11.0 Å². The molecule has 1 amide bonds. The van der Waals surface area contributed by atoms with E-state index in [0.717, 1.165) is 10.6 Å². The Morgan fingerprint density at radius 3 is 2.95 bits per heavy atom. The molecule has 3 rings (SSSR count). The van der Waals surface area contributed by atoms with Gasteiger partial charge in [-0.05, 0) is 11.4 Å². The second kappa shape index (κ2) is 5.90. The standard InChI is InChI=1S/C13H12N6OS/c14-18-15-7-9-6-11(20)19(8-9)13-17-16-12(21-13)10-4-2-1-3-5-10/h1-5,9H,6-8H2. The highest BCUT2D eigenvalue weighted by atomic mass is 32.1. The highest BCUT2D eigenvalue weighted by Crippen LogP contribution is 2.32. The molecule has 7 nitrogen and oxygen atoms in total. The van der Waals surface area contributed by atoms with Crippen LogP contribution in [0.4, 0.5) is 5.13 Å². The van der Waals surface area contributed by atoms with Gasteiger partial charge in [-0.3, -0.25) is 9.69 Å². The van der Waals surface area contributed by atoms with Crippen LogP contribution in [0.1, 0.15) is 6.42 Å². The third kappa shape index (κ3) is 2.86. The van der Waals surface area contributed by atoms with Crippen molar-refractivity contribution in [1.82, 2.24) is 10.2 Å². The number of rotatable bonds is 4. The average molecular weight is 300 g/mol. The molecule has 1 unspecified atom stereocenters. The van der Waals surface area contributed by atoms with E-state index in [2.05, 4.69) is 20.2 Å². The first-order chi connectivity index (χ1) is 10.3. The van der Waals surface area contributed by atoms with E-state index in [9.17, 15) is 4.79 Å². The van der Waals surface area contributed by atoms with E-state index >= 15 is 0 Å². The number of aromatic nitrogens is 2. The lowest BCUT2D eigenvalue weighted by Crippen LogP contribution is -2.24. The minimum Gasteiger partial charge on any atom is -0.286 e. The largest absolute Gasteiger partial charge is 0.286 e. The zero-order valence-electron chi connectivity index (χ0n) is 11.1. The molecule has 0 spiro atoms. The van der Waals surface area contributed by atoms with Gasteiger partial charge in [0.2, 0.25) is 11.0 Å². The summed E-state index contributed by atoms with van der Waals surface area (Å²) in [5, 5.41) is 13.2. The number of benzene rings is 1. The van der Waals surface area contributed by atoms with Crippen molar-refractivity contribution < 1.29 is 4.79 Å². The predicted octanol–water partition coefficient (Wildman–Crippen LogP) is 2.87. The van der Waals surface area contributed by atoms with Gasteiger partial charge in [-0.25, -0.2) is 0 Å². The molecule has 21 heavy (non-hydrogen) atoms. The first-order valence-electron chi connectivity index (χ1n) is 6.48. The van der Waals surface area contributed by atoms with Gasteiger partial charge in [0.05, 0.1) is 0 Å². The minimum atomic E-state index is 0.00361. The van der Waals surface area contributed by atoms with Crippen molar-refractivity contribution >= 4 is 22.4 Å². The van der Waals surface area contributed by atoms with E-state index in [1.807, 2.05) is 30.3 Å². The number of carbonyl (C=O) groups is 1. The lowest BCUT2D eigenvalue weighted by molar-refractivity contribution is -0.117. The van der Waals surface area contributed by atoms with Crippen molar-refractivity contribution in [1.29, 1.82) is 0 Å². The number of hydrogen-bond acceptors (Lipinski definition) is 5. The number of azide groups is 1. The molecular formula is C13H12N6OS. The van der Waals surface area contributed by atoms with Crippen molar-refractivity contribution in [3.8, 4) is 10.6 Å². The van der Waals surface area contributed by atoms with Gasteiger partial charge >= 0.3 is 0 Å². The number of amides is 1. The lowest BCUT2D eigenvalue weighted by atomic mass is 10.1. The van der Waals surface area contributed by atoms with Crippen molar-refractivity contribution in [3.63, 3.8) is 0 Å².